The lowest BCUT2D eigenvalue weighted by Gasteiger charge is -2.27. The van der Waals surface area contributed by atoms with Gasteiger partial charge in [-0.3, -0.25) is 9.59 Å². The maximum atomic E-state index is 12.6. The van der Waals surface area contributed by atoms with E-state index in [0.29, 0.717) is 49.7 Å². The van der Waals surface area contributed by atoms with E-state index in [1.807, 2.05) is 6.92 Å². The highest BCUT2D eigenvalue weighted by atomic mass is 16.5. The summed E-state index contributed by atoms with van der Waals surface area (Å²) in [7, 11) is 0. The van der Waals surface area contributed by atoms with E-state index in [0.717, 1.165) is 5.75 Å². The smallest absolute Gasteiger partial charge is 0.255 e. The van der Waals surface area contributed by atoms with Gasteiger partial charge in [-0.15, -0.1) is 0 Å². The van der Waals surface area contributed by atoms with Crippen molar-refractivity contribution in [3.8, 4) is 5.75 Å². The molecule has 0 bridgehead atoms. The highest BCUT2D eigenvalue weighted by Gasteiger charge is 2.18. The molecule has 0 unspecified atom stereocenters. The number of carbonyl (C=O) groups excluding carboxylic acids is 2. The monoisotopic (exact) mass is 354 g/mol. The second-order valence-electron chi connectivity index (χ2n) is 5.90. The number of nitrogens with one attached hydrogen (secondary N) is 1. The van der Waals surface area contributed by atoms with Crippen LogP contribution in [0.4, 0.5) is 5.69 Å². The van der Waals surface area contributed by atoms with Gasteiger partial charge in [0.05, 0.1) is 19.8 Å². The first-order valence-corrected chi connectivity index (χ1v) is 8.68. The van der Waals surface area contributed by atoms with E-state index in [9.17, 15) is 9.59 Å². The van der Waals surface area contributed by atoms with Gasteiger partial charge in [-0.05, 0) is 49.4 Å². The fourth-order valence-electron chi connectivity index (χ4n) is 2.75. The predicted octanol–water partition coefficient (Wildman–Crippen LogP) is 2.81. The molecule has 1 aliphatic heterocycles. The van der Waals surface area contributed by atoms with E-state index in [2.05, 4.69) is 5.32 Å². The van der Waals surface area contributed by atoms with Crippen molar-refractivity contribution in [2.45, 2.75) is 6.92 Å². The molecular weight excluding hydrogens is 332 g/mol. The standard InChI is InChI=1S/C20H22N2O4/c1-2-26-18-8-6-15(7-9-18)19(23)21-17-5-3-4-16(14-17)20(24)22-10-12-25-13-11-22/h3-9,14H,2,10-13H2,1H3,(H,21,23). The number of anilines is 1. The van der Waals surface area contributed by atoms with E-state index in [1.165, 1.54) is 0 Å². The van der Waals surface area contributed by atoms with Crippen LogP contribution in [0.15, 0.2) is 48.5 Å². The van der Waals surface area contributed by atoms with E-state index < -0.39 is 0 Å². The first-order valence-electron chi connectivity index (χ1n) is 8.68. The summed E-state index contributed by atoms with van der Waals surface area (Å²) in [5.74, 6) is 0.441. The maximum Gasteiger partial charge on any atom is 0.255 e. The number of hydrogen-bond donors (Lipinski definition) is 1. The molecule has 2 amide bonds. The molecule has 0 saturated carbocycles. The van der Waals surface area contributed by atoms with Crippen molar-refractivity contribution in [1.29, 1.82) is 0 Å². The average Bonchev–Trinajstić information content (AvgIpc) is 2.69. The SMILES string of the molecule is CCOc1ccc(C(=O)Nc2cccc(C(=O)N3CCOCC3)c2)cc1. The van der Waals surface area contributed by atoms with Crippen LogP contribution in [0.5, 0.6) is 5.75 Å². The van der Waals surface area contributed by atoms with Gasteiger partial charge < -0.3 is 19.7 Å². The third-order valence-electron chi connectivity index (χ3n) is 4.09. The summed E-state index contributed by atoms with van der Waals surface area (Å²) in [4.78, 5) is 26.7. The van der Waals surface area contributed by atoms with Crippen LogP contribution in [0.2, 0.25) is 0 Å². The highest BCUT2D eigenvalue weighted by Crippen LogP contribution is 2.17. The normalized spacial score (nSPS) is 14.0. The molecule has 3 rings (SSSR count). The number of morpholine rings is 1. The largest absolute Gasteiger partial charge is 0.494 e. The Morgan fingerprint density at radius 1 is 1.08 bits per heavy atom. The molecule has 0 spiro atoms. The molecule has 26 heavy (non-hydrogen) atoms. The molecular formula is C20H22N2O4. The molecule has 2 aromatic rings. The Bertz CT molecular complexity index is 768. The van der Waals surface area contributed by atoms with Crippen LogP contribution in [-0.4, -0.2) is 49.6 Å². The van der Waals surface area contributed by atoms with Gasteiger partial charge in [-0.1, -0.05) is 6.07 Å². The van der Waals surface area contributed by atoms with Crippen LogP contribution in [0, 0.1) is 0 Å². The molecule has 1 heterocycles. The molecule has 0 aromatic heterocycles. The van der Waals surface area contributed by atoms with Crippen molar-refractivity contribution < 1.29 is 19.1 Å². The number of hydrogen-bond acceptors (Lipinski definition) is 4. The summed E-state index contributed by atoms with van der Waals surface area (Å²) in [5, 5.41) is 2.83. The third kappa shape index (κ3) is 4.40. The Morgan fingerprint density at radius 3 is 2.50 bits per heavy atom. The van der Waals surface area contributed by atoms with Gasteiger partial charge in [-0.2, -0.15) is 0 Å². The van der Waals surface area contributed by atoms with Gasteiger partial charge in [0, 0.05) is 29.9 Å². The molecule has 2 aromatic carbocycles. The number of nitrogens with zero attached hydrogens (tertiary/aromatic N) is 1. The number of carbonyl (C=O) groups is 2. The van der Waals surface area contributed by atoms with Crippen LogP contribution in [0.3, 0.4) is 0 Å². The van der Waals surface area contributed by atoms with E-state index in [4.69, 9.17) is 9.47 Å². The quantitative estimate of drug-likeness (QED) is 0.897. The lowest BCUT2D eigenvalue weighted by molar-refractivity contribution is 0.0303. The van der Waals surface area contributed by atoms with Gasteiger partial charge >= 0.3 is 0 Å². The highest BCUT2D eigenvalue weighted by molar-refractivity contribution is 6.05. The lowest BCUT2D eigenvalue weighted by Crippen LogP contribution is -2.40. The minimum atomic E-state index is -0.232. The van der Waals surface area contributed by atoms with Gasteiger partial charge in [0.2, 0.25) is 0 Å². The first kappa shape index (κ1) is 17.9. The Hall–Kier alpha value is -2.86. The molecule has 6 nitrogen and oxygen atoms in total. The number of benzene rings is 2. The maximum absolute atomic E-state index is 12.6. The fourth-order valence-corrected chi connectivity index (χ4v) is 2.75. The lowest BCUT2D eigenvalue weighted by atomic mass is 10.1. The minimum Gasteiger partial charge on any atom is -0.494 e. The zero-order valence-electron chi connectivity index (χ0n) is 14.7. The zero-order valence-corrected chi connectivity index (χ0v) is 14.7. The summed E-state index contributed by atoms with van der Waals surface area (Å²) in [6, 6.07) is 13.9. The molecule has 0 atom stereocenters. The Kier molecular flexibility index (Phi) is 5.86. The Labute approximate surface area is 152 Å². The van der Waals surface area contributed by atoms with Crippen molar-refractivity contribution in [2.75, 3.05) is 38.2 Å². The van der Waals surface area contributed by atoms with Crippen molar-refractivity contribution in [3.05, 3.63) is 59.7 Å². The molecule has 1 saturated heterocycles. The van der Waals surface area contributed by atoms with E-state index >= 15 is 0 Å². The van der Waals surface area contributed by atoms with Crippen LogP contribution < -0.4 is 10.1 Å². The van der Waals surface area contributed by atoms with Crippen molar-refractivity contribution >= 4 is 17.5 Å². The van der Waals surface area contributed by atoms with Crippen LogP contribution in [0.1, 0.15) is 27.6 Å². The van der Waals surface area contributed by atoms with Gasteiger partial charge in [-0.25, -0.2) is 0 Å². The summed E-state index contributed by atoms with van der Waals surface area (Å²) in [5.41, 5.74) is 1.66. The van der Waals surface area contributed by atoms with Crippen molar-refractivity contribution in [1.82, 2.24) is 4.90 Å². The fraction of sp³-hybridized carbons (Fsp3) is 0.300. The van der Waals surface area contributed by atoms with Gasteiger partial charge in [0.15, 0.2) is 0 Å². The van der Waals surface area contributed by atoms with Crippen LogP contribution in [0.25, 0.3) is 0 Å². The van der Waals surface area contributed by atoms with Gasteiger partial charge in [0.25, 0.3) is 11.8 Å². The average molecular weight is 354 g/mol. The molecule has 1 aliphatic rings. The van der Waals surface area contributed by atoms with Crippen molar-refractivity contribution in [3.63, 3.8) is 0 Å². The van der Waals surface area contributed by atoms with Gasteiger partial charge in [0.1, 0.15) is 5.75 Å². The molecule has 1 N–H and O–H groups in total. The molecule has 0 aliphatic carbocycles. The van der Waals surface area contributed by atoms with Crippen molar-refractivity contribution in [2.24, 2.45) is 0 Å². The number of ether oxygens (including phenoxy) is 2. The minimum absolute atomic E-state index is 0.0505. The molecule has 136 valence electrons. The summed E-state index contributed by atoms with van der Waals surface area (Å²) >= 11 is 0. The topological polar surface area (TPSA) is 67.9 Å². The molecule has 0 radical (unpaired) electrons. The Morgan fingerprint density at radius 2 is 1.81 bits per heavy atom. The Balaban J connectivity index is 1.67. The second-order valence-corrected chi connectivity index (χ2v) is 5.90. The molecule has 1 fully saturated rings. The second kappa shape index (κ2) is 8.49. The summed E-state index contributed by atoms with van der Waals surface area (Å²) in [6.45, 7) is 4.77. The third-order valence-corrected chi connectivity index (χ3v) is 4.09. The zero-order chi connectivity index (χ0) is 18.4. The van der Waals surface area contributed by atoms with E-state index in [-0.39, 0.29) is 11.8 Å². The summed E-state index contributed by atoms with van der Waals surface area (Å²) in [6.07, 6.45) is 0. The predicted molar refractivity (Wildman–Crippen MR) is 98.7 cm³/mol. The van der Waals surface area contributed by atoms with E-state index in [1.54, 1.807) is 53.4 Å². The van der Waals surface area contributed by atoms with Crippen LogP contribution >= 0.6 is 0 Å². The number of amides is 2. The summed E-state index contributed by atoms with van der Waals surface area (Å²) < 4.78 is 10.7. The molecule has 6 heteroatoms. The number of rotatable bonds is 5. The first-order chi connectivity index (χ1) is 12.7. The van der Waals surface area contributed by atoms with Crippen LogP contribution in [-0.2, 0) is 4.74 Å².